The summed E-state index contributed by atoms with van der Waals surface area (Å²) in [6.45, 7) is 7.13. The molecule has 2 aromatic rings. The summed E-state index contributed by atoms with van der Waals surface area (Å²) in [7, 11) is -3.69. The van der Waals surface area contributed by atoms with E-state index in [-0.39, 0.29) is 23.4 Å². The lowest BCUT2D eigenvalue weighted by Gasteiger charge is -2.15. The Kier molecular flexibility index (Phi) is 8.63. The van der Waals surface area contributed by atoms with Crippen LogP contribution in [0.4, 0.5) is 5.69 Å². The van der Waals surface area contributed by atoms with Crippen LogP contribution in [0.1, 0.15) is 69.5 Å². The van der Waals surface area contributed by atoms with Crippen LogP contribution in [0.25, 0.3) is 0 Å². The first-order valence-electron chi connectivity index (χ1n) is 11.5. The number of benzene rings is 2. The smallest absolute Gasteiger partial charge is 0.262 e. The normalized spacial score (nSPS) is 15.5. The number of carbonyl (C=O) groups is 1. The molecule has 0 spiro atoms. The number of aliphatic imine (C=N–C) groups is 1. The van der Waals surface area contributed by atoms with Gasteiger partial charge in [-0.3, -0.25) is 14.5 Å². The standard InChI is InChI=1S/C25H34N4O3S/c1-18(2)20-8-10-21(11-9-20)19(3)27-17-25(30)28-22-12-14-23(15-13-22)33(31,32)29-24-7-5-4-6-16-26-24/h8-15,18-19,27H,4-7,16-17H2,1-3H3,(H,26,29)(H,28,30). The maximum atomic E-state index is 12.6. The maximum absolute atomic E-state index is 12.6. The summed E-state index contributed by atoms with van der Waals surface area (Å²) in [5.74, 6) is 0.807. The molecule has 3 N–H and O–H groups in total. The van der Waals surface area contributed by atoms with E-state index in [9.17, 15) is 13.2 Å². The first-order chi connectivity index (χ1) is 15.7. The van der Waals surface area contributed by atoms with Crippen molar-refractivity contribution in [2.45, 2.75) is 63.3 Å². The lowest BCUT2D eigenvalue weighted by atomic mass is 9.99. The van der Waals surface area contributed by atoms with Crippen LogP contribution in [-0.4, -0.2) is 33.3 Å². The van der Waals surface area contributed by atoms with Gasteiger partial charge in [0.25, 0.3) is 10.0 Å². The number of hydrogen-bond donors (Lipinski definition) is 3. The maximum Gasteiger partial charge on any atom is 0.262 e. The Balaban J connectivity index is 1.51. The summed E-state index contributed by atoms with van der Waals surface area (Å²) >= 11 is 0. The van der Waals surface area contributed by atoms with E-state index in [0.29, 0.717) is 30.4 Å². The molecule has 0 bridgehead atoms. The molecule has 7 nitrogen and oxygen atoms in total. The molecule has 1 atom stereocenters. The summed E-state index contributed by atoms with van der Waals surface area (Å²) in [4.78, 5) is 16.8. The fraction of sp³-hybridized carbons (Fsp3) is 0.440. The van der Waals surface area contributed by atoms with Gasteiger partial charge in [0.05, 0.1) is 11.4 Å². The summed E-state index contributed by atoms with van der Waals surface area (Å²) in [5, 5.41) is 6.02. The Morgan fingerprint density at radius 1 is 0.939 bits per heavy atom. The molecule has 1 aliphatic heterocycles. The van der Waals surface area contributed by atoms with E-state index in [2.05, 4.69) is 58.5 Å². The van der Waals surface area contributed by atoms with Gasteiger partial charge in [0, 0.05) is 24.7 Å². The third-order valence-corrected chi connectivity index (χ3v) is 7.14. The first-order valence-corrected chi connectivity index (χ1v) is 13.0. The molecular formula is C25H34N4O3S. The van der Waals surface area contributed by atoms with Gasteiger partial charge in [-0.1, -0.05) is 44.5 Å². The molecule has 178 valence electrons. The Bertz CT molecular complexity index is 1060. The van der Waals surface area contributed by atoms with Gasteiger partial charge in [0.15, 0.2) is 0 Å². The van der Waals surface area contributed by atoms with Crippen molar-refractivity contribution in [1.29, 1.82) is 0 Å². The van der Waals surface area contributed by atoms with Crippen molar-refractivity contribution in [3.63, 3.8) is 0 Å². The number of anilines is 1. The summed E-state index contributed by atoms with van der Waals surface area (Å²) < 4.78 is 27.8. The van der Waals surface area contributed by atoms with Crippen molar-refractivity contribution in [3.8, 4) is 0 Å². The van der Waals surface area contributed by atoms with Crippen LogP contribution >= 0.6 is 0 Å². The molecule has 3 rings (SSSR count). The fourth-order valence-corrected chi connectivity index (χ4v) is 4.72. The summed E-state index contributed by atoms with van der Waals surface area (Å²) in [6, 6.07) is 14.6. The average Bonchev–Trinajstić information content (AvgIpc) is 3.06. The SMILES string of the molecule is CC(C)c1ccc(C(C)NCC(=O)Nc2ccc(S(=O)(=O)NC3=NCCCCC3)cc2)cc1. The number of nitrogens with one attached hydrogen (secondary N) is 3. The van der Waals surface area contributed by atoms with Crippen LogP contribution in [-0.2, 0) is 14.8 Å². The van der Waals surface area contributed by atoms with Crippen LogP contribution in [0.15, 0.2) is 58.4 Å². The van der Waals surface area contributed by atoms with Gasteiger partial charge in [0.2, 0.25) is 5.91 Å². The second kappa shape index (κ2) is 11.4. The van der Waals surface area contributed by atoms with Crippen LogP contribution in [0.5, 0.6) is 0 Å². The van der Waals surface area contributed by atoms with Gasteiger partial charge in [-0.15, -0.1) is 0 Å². The second-order valence-corrected chi connectivity index (χ2v) is 10.4. The van der Waals surface area contributed by atoms with E-state index < -0.39 is 10.0 Å². The molecule has 0 aromatic heterocycles. The monoisotopic (exact) mass is 470 g/mol. The highest BCUT2D eigenvalue weighted by molar-refractivity contribution is 7.90. The number of sulfonamides is 1. The number of rotatable bonds is 8. The van der Waals surface area contributed by atoms with Gasteiger partial charge < -0.3 is 10.6 Å². The Hall–Kier alpha value is -2.71. The van der Waals surface area contributed by atoms with Crippen molar-refractivity contribution in [2.24, 2.45) is 4.99 Å². The van der Waals surface area contributed by atoms with Gasteiger partial charge in [-0.2, -0.15) is 0 Å². The third-order valence-electron chi connectivity index (χ3n) is 5.75. The van der Waals surface area contributed by atoms with E-state index in [1.54, 1.807) is 12.1 Å². The molecule has 0 saturated carbocycles. The highest BCUT2D eigenvalue weighted by Gasteiger charge is 2.17. The molecule has 1 amide bonds. The first kappa shape index (κ1) is 24.9. The molecule has 0 radical (unpaired) electrons. The topological polar surface area (TPSA) is 99.7 Å². The molecule has 1 heterocycles. The van der Waals surface area contributed by atoms with Crippen LogP contribution in [0.2, 0.25) is 0 Å². The number of carbonyl (C=O) groups excluding carboxylic acids is 1. The number of hydrogen-bond acceptors (Lipinski definition) is 5. The predicted molar refractivity (Wildman–Crippen MR) is 133 cm³/mol. The predicted octanol–water partition coefficient (Wildman–Crippen LogP) is 4.35. The van der Waals surface area contributed by atoms with Crippen LogP contribution < -0.4 is 15.4 Å². The number of amidine groups is 1. The van der Waals surface area contributed by atoms with E-state index in [1.807, 2.05) is 6.92 Å². The second-order valence-electron chi connectivity index (χ2n) is 8.74. The molecular weight excluding hydrogens is 436 g/mol. The third kappa shape index (κ3) is 7.40. The van der Waals surface area contributed by atoms with Gasteiger partial charge in [0.1, 0.15) is 5.84 Å². The van der Waals surface area contributed by atoms with Crippen LogP contribution in [0, 0.1) is 0 Å². The van der Waals surface area contributed by atoms with E-state index in [0.717, 1.165) is 24.8 Å². The van der Waals surface area contributed by atoms with Crippen molar-refractivity contribution < 1.29 is 13.2 Å². The molecule has 2 aromatic carbocycles. The lowest BCUT2D eigenvalue weighted by Crippen LogP contribution is -2.31. The number of nitrogens with zero attached hydrogens (tertiary/aromatic N) is 1. The van der Waals surface area contributed by atoms with Gasteiger partial charge in [-0.05, 0) is 61.1 Å². The van der Waals surface area contributed by atoms with E-state index in [4.69, 9.17) is 0 Å². The number of amides is 1. The Morgan fingerprint density at radius 3 is 2.27 bits per heavy atom. The van der Waals surface area contributed by atoms with Gasteiger partial charge >= 0.3 is 0 Å². The zero-order valence-electron chi connectivity index (χ0n) is 19.6. The highest BCUT2D eigenvalue weighted by Crippen LogP contribution is 2.19. The van der Waals surface area contributed by atoms with Crippen LogP contribution in [0.3, 0.4) is 0 Å². The van der Waals surface area contributed by atoms with Crippen molar-refractivity contribution in [1.82, 2.24) is 10.0 Å². The summed E-state index contributed by atoms with van der Waals surface area (Å²) in [5.41, 5.74) is 2.95. The Labute approximate surface area is 197 Å². The molecule has 0 aliphatic carbocycles. The van der Waals surface area contributed by atoms with Gasteiger partial charge in [-0.25, -0.2) is 8.42 Å². The average molecular weight is 471 g/mol. The molecule has 8 heteroatoms. The highest BCUT2D eigenvalue weighted by atomic mass is 32.2. The zero-order valence-corrected chi connectivity index (χ0v) is 20.4. The fourth-order valence-electron chi connectivity index (χ4n) is 3.63. The largest absolute Gasteiger partial charge is 0.325 e. The van der Waals surface area contributed by atoms with E-state index in [1.165, 1.54) is 17.7 Å². The quantitative estimate of drug-likeness (QED) is 0.534. The zero-order chi connectivity index (χ0) is 23.8. The summed E-state index contributed by atoms with van der Waals surface area (Å²) in [6.07, 6.45) is 3.61. The molecule has 1 unspecified atom stereocenters. The minimum atomic E-state index is -3.69. The molecule has 1 aliphatic rings. The minimum absolute atomic E-state index is 0.0301. The van der Waals surface area contributed by atoms with Crippen molar-refractivity contribution in [3.05, 3.63) is 59.7 Å². The minimum Gasteiger partial charge on any atom is -0.325 e. The molecule has 0 saturated heterocycles. The molecule has 33 heavy (non-hydrogen) atoms. The Morgan fingerprint density at radius 2 is 1.61 bits per heavy atom. The van der Waals surface area contributed by atoms with Crippen molar-refractivity contribution in [2.75, 3.05) is 18.4 Å². The lowest BCUT2D eigenvalue weighted by molar-refractivity contribution is -0.115. The molecule has 0 fully saturated rings. The van der Waals surface area contributed by atoms with Crippen molar-refractivity contribution >= 4 is 27.5 Å². The van der Waals surface area contributed by atoms with E-state index >= 15 is 0 Å².